The molecule has 0 saturated heterocycles. The third-order valence-corrected chi connectivity index (χ3v) is 10.5. The first kappa shape index (κ1) is 24.7. The lowest BCUT2D eigenvalue weighted by atomic mass is 9.80. The molecule has 3 aliphatic carbocycles. The SMILES string of the molecule is O=C1C(=O)c2ccccc2/C1=C/c1nc2c(s1)-c1sc(/C=C3\C(=O)C(O)c4ccccc43)nc1C1(CCCCC1)O2. The van der Waals surface area contributed by atoms with Crippen LogP contribution in [-0.4, -0.2) is 32.4 Å². The lowest BCUT2D eigenvalue weighted by Crippen LogP contribution is -2.38. The highest BCUT2D eigenvalue weighted by atomic mass is 32.1. The van der Waals surface area contributed by atoms with Crippen LogP contribution in [0.5, 0.6) is 5.88 Å². The van der Waals surface area contributed by atoms with Crippen molar-refractivity contribution < 1.29 is 24.2 Å². The third-order valence-electron chi connectivity index (χ3n) is 8.36. The fraction of sp³-hybridized carbons (Fsp3) is 0.219. The molecule has 2 aromatic heterocycles. The van der Waals surface area contributed by atoms with Gasteiger partial charge in [0, 0.05) is 16.7 Å². The first-order valence-electron chi connectivity index (χ1n) is 13.6. The van der Waals surface area contributed by atoms with Crippen LogP contribution in [0.25, 0.3) is 33.1 Å². The highest BCUT2D eigenvalue weighted by Crippen LogP contribution is 2.55. The number of nitrogens with zero attached hydrogens (tertiary/aromatic N) is 2. The maximum absolute atomic E-state index is 13.0. The highest BCUT2D eigenvalue weighted by Gasteiger charge is 2.46. The number of thiazole rings is 2. The second-order valence-corrected chi connectivity index (χ2v) is 12.8. The van der Waals surface area contributed by atoms with Crippen LogP contribution < -0.4 is 4.74 Å². The number of ether oxygens (including phenoxy) is 1. The quantitative estimate of drug-likeness (QED) is 0.220. The third kappa shape index (κ3) is 3.62. The molecule has 1 unspecified atom stereocenters. The van der Waals surface area contributed by atoms with Crippen molar-refractivity contribution in [1.82, 2.24) is 9.97 Å². The molecule has 8 rings (SSSR count). The molecule has 7 nitrogen and oxygen atoms in total. The Morgan fingerprint density at radius 3 is 2.24 bits per heavy atom. The van der Waals surface area contributed by atoms with Gasteiger partial charge in [-0.15, -0.1) is 22.7 Å². The molecule has 3 heterocycles. The van der Waals surface area contributed by atoms with E-state index in [2.05, 4.69) is 0 Å². The van der Waals surface area contributed by atoms with E-state index in [9.17, 15) is 19.5 Å². The van der Waals surface area contributed by atoms with E-state index in [0.29, 0.717) is 43.7 Å². The Balaban J connectivity index is 1.25. The number of allylic oxidation sites excluding steroid dienone is 1. The van der Waals surface area contributed by atoms with E-state index in [1.807, 2.05) is 24.3 Å². The van der Waals surface area contributed by atoms with Crippen LogP contribution >= 0.6 is 22.7 Å². The summed E-state index contributed by atoms with van der Waals surface area (Å²) in [4.78, 5) is 49.9. The minimum Gasteiger partial charge on any atom is -0.463 e. The van der Waals surface area contributed by atoms with Gasteiger partial charge in [0.1, 0.15) is 26.7 Å². The number of rotatable bonds is 2. The molecule has 4 aliphatic rings. The van der Waals surface area contributed by atoms with Gasteiger partial charge in [0.15, 0.2) is 11.4 Å². The van der Waals surface area contributed by atoms with Crippen LogP contribution in [0, 0.1) is 0 Å². The number of aromatic nitrogens is 2. The van der Waals surface area contributed by atoms with E-state index in [-0.39, 0.29) is 5.78 Å². The highest BCUT2D eigenvalue weighted by molar-refractivity contribution is 7.23. The van der Waals surface area contributed by atoms with Crippen LogP contribution in [-0.2, 0) is 15.2 Å². The van der Waals surface area contributed by atoms with Crippen molar-refractivity contribution in [3.05, 3.63) is 86.5 Å². The molecule has 0 bridgehead atoms. The predicted molar refractivity (Wildman–Crippen MR) is 157 cm³/mol. The van der Waals surface area contributed by atoms with Gasteiger partial charge in [-0.1, -0.05) is 55.0 Å². The Labute approximate surface area is 242 Å². The fourth-order valence-electron chi connectivity index (χ4n) is 6.38. The molecule has 9 heteroatoms. The van der Waals surface area contributed by atoms with Crippen LogP contribution in [0.4, 0.5) is 0 Å². The van der Waals surface area contributed by atoms with Gasteiger partial charge in [-0.25, -0.2) is 9.97 Å². The smallest absolute Gasteiger partial charge is 0.235 e. The fourth-order valence-corrected chi connectivity index (χ4v) is 8.54. The second kappa shape index (κ2) is 8.97. The predicted octanol–water partition coefficient (Wildman–Crippen LogP) is 6.28. The number of benzene rings is 2. The minimum atomic E-state index is -1.17. The summed E-state index contributed by atoms with van der Waals surface area (Å²) in [6.45, 7) is 0. The molecule has 4 aromatic rings. The molecule has 1 N–H and O–H groups in total. The van der Waals surface area contributed by atoms with E-state index in [1.165, 1.54) is 22.7 Å². The summed E-state index contributed by atoms with van der Waals surface area (Å²) in [5.41, 5.74) is 3.43. The molecule has 2 aromatic carbocycles. The lowest BCUT2D eigenvalue weighted by Gasteiger charge is -2.38. The normalized spacial score (nSPS) is 22.2. The number of aliphatic hydroxyl groups excluding tert-OH is 1. The number of carbonyl (C=O) groups excluding carboxylic acids is 3. The number of hydrogen-bond donors (Lipinski definition) is 1. The lowest BCUT2D eigenvalue weighted by molar-refractivity contribution is -0.120. The molecule has 202 valence electrons. The molecule has 1 saturated carbocycles. The van der Waals surface area contributed by atoms with Gasteiger partial charge in [0.05, 0.1) is 4.88 Å². The van der Waals surface area contributed by atoms with Gasteiger partial charge in [0.2, 0.25) is 17.4 Å². The summed E-state index contributed by atoms with van der Waals surface area (Å²) in [7, 11) is 0. The molecule has 0 amide bonds. The van der Waals surface area contributed by atoms with Crippen molar-refractivity contribution in [3.63, 3.8) is 0 Å². The van der Waals surface area contributed by atoms with Crippen molar-refractivity contribution in [3.8, 4) is 15.6 Å². The van der Waals surface area contributed by atoms with Gasteiger partial charge >= 0.3 is 0 Å². The average molecular weight is 579 g/mol. The van der Waals surface area contributed by atoms with Crippen LogP contribution in [0.2, 0.25) is 0 Å². The van der Waals surface area contributed by atoms with Crippen molar-refractivity contribution in [2.24, 2.45) is 0 Å². The second-order valence-electron chi connectivity index (χ2n) is 10.7. The Kier molecular flexibility index (Phi) is 5.41. The molecule has 0 radical (unpaired) electrons. The monoisotopic (exact) mass is 578 g/mol. The van der Waals surface area contributed by atoms with Crippen LogP contribution in [0.3, 0.4) is 0 Å². The molecular weight excluding hydrogens is 556 g/mol. The summed E-state index contributed by atoms with van der Waals surface area (Å²) in [6, 6.07) is 14.3. The van der Waals surface area contributed by atoms with Crippen LogP contribution in [0.1, 0.15) is 81.0 Å². The van der Waals surface area contributed by atoms with Crippen molar-refractivity contribution in [1.29, 1.82) is 0 Å². The summed E-state index contributed by atoms with van der Waals surface area (Å²) in [6.07, 6.45) is 7.07. The van der Waals surface area contributed by atoms with Crippen molar-refractivity contribution >= 4 is 63.3 Å². The Hall–Kier alpha value is -4.05. The standard InChI is InChI=1S/C32H22N2O5S2/c35-24-18-10-4-2-8-16(18)20(26(24)37)14-22-33-30-28(40-22)29-31(39-32(30)12-6-1-7-13-32)34-23(41-29)15-21-17-9-3-5-11-19(17)25(36)27(21)38/h2-5,8-11,14-15,24,35H,1,6-7,12-13H2/b20-14-,21-15-. The number of Topliss-reactive ketones (excluding diaryl/α,β-unsaturated/α-hetero) is 3. The summed E-state index contributed by atoms with van der Waals surface area (Å²) < 4.78 is 6.66. The van der Waals surface area contributed by atoms with Crippen molar-refractivity contribution in [2.75, 3.05) is 0 Å². The average Bonchev–Trinajstić information content (AvgIpc) is 3.72. The maximum atomic E-state index is 13.0. The Morgan fingerprint density at radius 1 is 0.780 bits per heavy atom. The van der Waals surface area contributed by atoms with Gasteiger partial charge in [-0.05, 0) is 54.5 Å². The molecular formula is C32H22N2O5S2. The summed E-state index contributed by atoms with van der Waals surface area (Å²) >= 11 is 2.89. The van der Waals surface area contributed by atoms with E-state index in [4.69, 9.17) is 14.7 Å². The first-order valence-corrected chi connectivity index (χ1v) is 15.2. The Morgan fingerprint density at radius 2 is 1.44 bits per heavy atom. The maximum Gasteiger partial charge on any atom is 0.235 e. The van der Waals surface area contributed by atoms with Gasteiger partial charge in [-0.2, -0.15) is 0 Å². The Bertz CT molecular complexity index is 1890. The van der Waals surface area contributed by atoms with E-state index < -0.39 is 23.3 Å². The molecule has 1 fully saturated rings. The number of aliphatic hydroxyl groups is 1. The largest absolute Gasteiger partial charge is 0.463 e. The zero-order valence-electron chi connectivity index (χ0n) is 21.7. The van der Waals surface area contributed by atoms with Gasteiger partial charge in [-0.3, -0.25) is 14.4 Å². The van der Waals surface area contributed by atoms with Gasteiger partial charge in [0.25, 0.3) is 0 Å². The van der Waals surface area contributed by atoms with E-state index in [0.717, 1.165) is 53.1 Å². The molecule has 1 atom stereocenters. The number of fused-ring (bicyclic) bond motifs is 6. The number of ketones is 3. The summed E-state index contributed by atoms with van der Waals surface area (Å²) in [5.74, 6) is -0.838. The minimum absolute atomic E-state index is 0.327. The molecule has 1 spiro atoms. The summed E-state index contributed by atoms with van der Waals surface area (Å²) in [5, 5.41) is 11.8. The molecule has 1 aliphatic heterocycles. The van der Waals surface area contributed by atoms with E-state index >= 15 is 0 Å². The topological polar surface area (TPSA) is 106 Å². The molecule has 41 heavy (non-hydrogen) atoms. The zero-order chi connectivity index (χ0) is 27.9. The van der Waals surface area contributed by atoms with Crippen molar-refractivity contribution in [2.45, 2.75) is 43.8 Å². The number of hydrogen-bond acceptors (Lipinski definition) is 9. The van der Waals surface area contributed by atoms with Gasteiger partial charge < -0.3 is 9.84 Å². The number of carbonyl (C=O) groups is 3. The first-order chi connectivity index (χ1) is 19.9. The zero-order valence-corrected chi connectivity index (χ0v) is 23.3. The van der Waals surface area contributed by atoms with E-state index in [1.54, 1.807) is 36.4 Å². The van der Waals surface area contributed by atoms with Crippen LogP contribution in [0.15, 0.2) is 48.5 Å².